The fraction of sp³-hybridized carbons (Fsp3) is 0.467. The van der Waals surface area contributed by atoms with Crippen LogP contribution in [0.4, 0.5) is 4.39 Å². The third-order valence-corrected chi connectivity index (χ3v) is 4.77. The Morgan fingerprint density at radius 2 is 1.91 bits per heavy atom. The topological polar surface area (TPSA) is 85.1 Å². The molecule has 8 heteroatoms. The Balaban J connectivity index is 2.07. The molecule has 23 heavy (non-hydrogen) atoms. The number of nitrogens with zero attached hydrogens (tertiary/aromatic N) is 3. The molecule has 1 aromatic heterocycles. The first-order valence-corrected chi connectivity index (χ1v) is 9.09. The fourth-order valence-corrected chi connectivity index (χ4v) is 3.58. The van der Waals surface area contributed by atoms with E-state index in [-0.39, 0.29) is 5.75 Å². The number of aliphatic hydroxyl groups excluding tert-OH is 1. The van der Waals surface area contributed by atoms with E-state index in [2.05, 4.69) is 10.1 Å². The Labute approximate surface area is 134 Å². The Morgan fingerprint density at radius 3 is 2.52 bits per heavy atom. The van der Waals surface area contributed by atoms with Crippen LogP contribution in [-0.2, 0) is 22.1 Å². The van der Waals surface area contributed by atoms with Crippen molar-refractivity contribution in [2.75, 3.05) is 5.75 Å². The normalized spacial score (nSPS) is 13.4. The van der Waals surface area contributed by atoms with Crippen LogP contribution in [0.3, 0.4) is 0 Å². The molecule has 0 bridgehead atoms. The van der Waals surface area contributed by atoms with E-state index in [1.165, 1.54) is 30.6 Å². The molecule has 0 spiro atoms. The maximum absolute atomic E-state index is 12.9. The van der Waals surface area contributed by atoms with E-state index < -0.39 is 27.5 Å². The smallest absolute Gasteiger partial charge is 0.160 e. The third-order valence-electron chi connectivity index (χ3n) is 3.25. The molecule has 1 unspecified atom stereocenters. The molecular formula is C15H20FN3O3S. The standard InChI is InChI=1S/C15H20FN3O3S/c1-11(2)7-19-15(17-10-18-19)9-23(21,22)8-14(20)12-3-5-13(16)6-4-12/h3-6,10-11,14,20H,7-9H2,1-2H3. The van der Waals surface area contributed by atoms with Gasteiger partial charge in [0, 0.05) is 6.54 Å². The maximum Gasteiger partial charge on any atom is 0.160 e. The minimum atomic E-state index is -3.59. The summed E-state index contributed by atoms with van der Waals surface area (Å²) < 4.78 is 39.0. The van der Waals surface area contributed by atoms with Gasteiger partial charge in [0.2, 0.25) is 0 Å². The van der Waals surface area contributed by atoms with Crippen LogP contribution in [0.5, 0.6) is 0 Å². The summed E-state index contributed by atoms with van der Waals surface area (Å²) in [5, 5.41) is 14.1. The summed E-state index contributed by atoms with van der Waals surface area (Å²) in [4.78, 5) is 3.99. The van der Waals surface area contributed by atoms with Crippen molar-refractivity contribution in [1.82, 2.24) is 14.8 Å². The summed E-state index contributed by atoms with van der Waals surface area (Å²) in [5.74, 6) is -0.524. The van der Waals surface area contributed by atoms with Gasteiger partial charge in [0.25, 0.3) is 0 Å². The quantitative estimate of drug-likeness (QED) is 0.829. The average molecular weight is 341 g/mol. The molecule has 6 nitrogen and oxygen atoms in total. The van der Waals surface area contributed by atoms with Crippen LogP contribution >= 0.6 is 0 Å². The molecule has 0 aliphatic rings. The van der Waals surface area contributed by atoms with Crippen LogP contribution in [0, 0.1) is 11.7 Å². The molecule has 0 amide bonds. The lowest BCUT2D eigenvalue weighted by Crippen LogP contribution is -2.20. The maximum atomic E-state index is 12.9. The highest BCUT2D eigenvalue weighted by molar-refractivity contribution is 7.90. The van der Waals surface area contributed by atoms with Crippen molar-refractivity contribution in [3.8, 4) is 0 Å². The molecule has 0 saturated carbocycles. The zero-order chi connectivity index (χ0) is 17.0. The van der Waals surface area contributed by atoms with E-state index in [0.29, 0.717) is 23.9 Å². The number of hydrogen-bond donors (Lipinski definition) is 1. The van der Waals surface area contributed by atoms with Crippen molar-refractivity contribution >= 4 is 9.84 Å². The molecule has 1 N–H and O–H groups in total. The number of halogens is 1. The van der Waals surface area contributed by atoms with E-state index in [4.69, 9.17) is 0 Å². The Hall–Kier alpha value is -1.80. The summed E-state index contributed by atoms with van der Waals surface area (Å²) >= 11 is 0. The van der Waals surface area contributed by atoms with E-state index in [1.807, 2.05) is 13.8 Å². The summed E-state index contributed by atoms with van der Waals surface area (Å²) in [7, 11) is -3.59. The Kier molecular flexibility index (Phi) is 5.48. The predicted octanol–water partition coefficient (Wildman–Crippen LogP) is 1.72. The van der Waals surface area contributed by atoms with Gasteiger partial charge in [0.1, 0.15) is 23.7 Å². The summed E-state index contributed by atoms with van der Waals surface area (Å²) in [6.07, 6.45) is 0.117. The Morgan fingerprint density at radius 1 is 1.26 bits per heavy atom. The zero-order valence-corrected chi connectivity index (χ0v) is 13.9. The lowest BCUT2D eigenvalue weighted by molar-refractivity contribution is 0.201. The molecule has 2 rings (SSSR count). The highest BCUT2D eigenvalue weighted by atomic mass is 32.2. The molecular weight excluding hydrogens is 321 g/mol. The summed E-state index contributed by atoms with van der Waals surface area (Å²) in [5.41, 5.74) is 0.360. The molecule has 0 saturated heterocycles. The highest BCUT2D eigenvalue weighted by Crippen LogP contribution is 2.17. The molecule has 1 aromatic carbocycles. The first-order chi connectivity index (χ1) is 10.8. The van der Waals surface area contributed by atoms with Crippen LogP contribution < -0.4 is 0 Å². The van der Waals surface area contributed by atoms with Gasteiger partial charge < -0.3 is 5.11 Å². The summed E-state index contributed by atoms with van der Waals surface area (Å²) in [6.45, 7) is 4.57. The van der Waals surface area contributed by atoms with Crippen LogP contribution in [0.1, 0.15) is 31.3 Å². The SMILES string of the molecule is CC(C)Cn1ncnc1CS(=O)(=O)CC(O)c1ccc(F)cc1. The van der Waals surface area contributed by atoms with Crippen LogP contribution in [0.25, 0.3) is 0 Å². The van der Waals surface area contributed by atoms with Crippen LogP contribution in [-0.4, -0.2) is 34.0 Å². The number of sulfone groups is 1. The third kappa shape index (κ3) is 5.11. The van der Waals surface area contributed by atoms with Gasteiger partial charge in [-0.05, 0) is 23.6 Å². The van der Waals surface area contributed by atoms with Crippen molar-refractivity contribution in [2.45, 2.75) is 32.2 Å². The van der Waals surface area contributed by atoms with Crippen molar-refractivity contribution < 1.29 is 17.9 Å². The van der Waals surface area contributed by atoms with E-state index in [9.17, 15) is 17.9 Å². The lowest BCUT2D eigenvalue weighted by atomic mass is 10.1. The summed E-state index contributed by atoms with van der Waals surface area (Å²) in [6, 6.07) is 5.11. The van der Waals surface area contributed by atoms with Crippen molar-refractivity contribution in [3.63, 3.8) is 0 Å². The van der Waals surface area contributed by atoms with Crippen molar-refractivity contribution in [3.05, 3.63) is 47.8 Å². The molecule has 0 aliphatic heterocycles. The average Bonchev–Trinajstić information content (AvgIpc) is 2.84. The second-order valence-electron chi connectivity index (χ2n) is 5.87. The van der Waals surface area contributed by atoms with Gasteiger partial charge in [-0.3, -0.25) is 0 Å². The Bertz CT molecular complexity index is 742. The fourth-order valence-electron chi connectivity index (χ4n) is 2.18. The van der Waals surface area contributed by atoms with E-state index >= 15 is 0 Å². The van der Waals surface area contributed by atoms with Crippen LogP contribution in [0.2, 0.25) is 0 Å². The van der Waals surface area contributed by atoms with Gasteiger partial charge in [0.15, 0.2) is 9.84 Å². The molecule has 0 aliphatic carbocycles. The van der Waals surface area contributed by atoms with Gasteiger partial charge in [-0.1, -0.05) is 26.0 Å². The minimum absolute atomic E-state index is 0.294. The minimum Gasteiger partial charge on any atom is -0.387 e. The number of hydrogen-bond acceptors (Lipinski definition) is 5. The van der Waals surface area contributed by atoms with Gasteiger partial charge in [-0.2, -0.15) is 5.10 Å². The molecule has 126 valence electrons. The first kappa shape index (κ1) is 17.6. The second-order valence-corrected chi connectivity index (χ2v) is 7.98. The van der Waals surface area contributed by atoms with E-state index in [1.54, 1.807) is 4.68 Å². The molecule has 1 atom stereocenters. The lowest BCUT2D eigenvalue weighted by Gasteiger charge is -2.12. The number of aromatic nitrogens is 3. The number of benzene rings is 1. The number of rotatable bonds is 7. The van der Waals surface area contributed by atoms with Crippen LogP contribution in [0.15, 0.2) is 30.6 Å². The largest absolute Gasteiger partial charge is 0.387 e. The zero-order valence-electron chi connectivity index (χ0n) is 13.1. The van der Waals surface area contributed by atoms with E-state index in [0.717, 1.165) is 0 Å². The molecule has 0 fully saturated rings. The molecule has 2 aromatic rings. The van der Waals surface area contributed by atoms with Crippen molar-refractivity contribution in [1.29, 1.82) is 0 Å². The molecule has 0 radical (unpaired) electrons. The predicted molar refractivity (Wildman–Crippen MR) is 83.7 cm³/mol. The first-order valence-electron chi connectivity index (χ1n) is 7.27. The number of aliphatic hydroxyl groups is 1. The van der Waals surface area contributed by atoms with Gasteiger partial charge in [-0.15, -0.1) is 0 Å². The monoisotopic (exact) mass is 341 g/mol. The van der Waals surface area contributed by atoms with Gasteiger partial charge >= 0.3 is 0 Å². The molecule has 1 heterocycles. The van der Waals surface area contributed by atoms with Crippen molar-refractivity contribution in [2.24, 2.45) is 5.92 Å². The van der Waals surface area contributed by atoms with Gasteiger partial charge in [-0.25, -0.2) is 22.5 Å². The second kappa shape index (κ2) is 7.18. The van der Waals surface area contributed by atoms with Gasteiger partial charge in [0.05, 0.1) is 11.9 Å². The highest BCUT2D eigenvalue weighted by Gasteiger charge is 2.22.